The zero-order valence-electron chi connectivity index (χ0n) is 9.96. The van der Waals surface area contributed by atoms with E-state index in [-0.39, 0.29) is 10.8 Å². The quantitative estimate of drug-likeness (QED) is 0.632. The number of alkyl halides is 1. The molecule has 96 valence electrons. The summed E-state index contributed by atoms with van der Waals surface area (Å²) in [5.74, 6) is -0.280. The normalized spacial score (nSPS) is 12.5. The lowest BCUT2D eigenvalue weighted by Gasteiger charge is -2.09. The van der Waals surface area contributed by atoms with Crippen LogP contribution in [0.3, 0.4) is 0 Å². The number of aromatic nitrogens is 2. The summed E-state index contributed by atoms with van der Waals surface area (Å²) in [5.41, 5.74) is 2.00. The van der Waals surface area contributed by atoms with Crippen LogP contribution in [-0.2, 0) is 23.1 Å². The van der Waals surface area contributed by atoms with Crippen LogP contribution in [0.4, 0.5) is 0 Å². The minimum absolute atomic E-state index is 0.280. The monoisotopic (exact) mass is 367 g/mol. The number of ether oxygens (including phenoxy) is 1. The number of nitrogens with zero attached hydrogens (tertiary/aromatic N) is 2. The number of methoxy groups -OCH3 is 1. The summed E-state index contributed by atoms with van der Waals surface area (Å²) in [5, 5.41) is 7.46. The Morgan fingerprint density at radius 3 is 2.76 bits per heavy atom. The van der Waals surface area contributed by atoms with Crippen LogP contribution in [0.15, 0.2) is 4.47 Å². The molecule has 1 unspecified atom stereocenters. The van der Waals surface area contributed by atoms with Crippen molar-refractivity contribution in [3.63, 3.8) is 0 Å². The summed E-state index contributed by atoms with van der Waals surface area (Å²) in [6.45, 7) is 3.08. The number of hydrogen-bond donors (Lipinski definition) is 1. The van der Waals surface area contributed by atoms with Crippen LogP contribution in [-0.4, -0.2) is 34.2 Å². The van der Waals surface area contributed by atoms with E-state index in [0.29, 0.717) is 13.1 Å². The third-order valence-corrected chi connectivity index (χ3v) is 4.06. The van der Waals surface area contributed by atoms with Crippen molar-refractivity contribution in [2.75, 3.05) is 13.7 Å². The van der Waals surface area contributed by atoms with Gasteiger partial charge in [0.2, 0.25) is 0 Å². The number of rotatable bonds is 5. The average molecular weight is 369 g/mol. The number of aryl methyl sites for hydroxylation is 2. The van der Waals surface area contributed by atoms with Crippen LogP contribution < -0.4 is 5.32 Å². The second-order valence-corrected chi connectivity index (χ2v) is 5.49. The molecule has 0 aliphatic heterocycles. The lowest BCUT2D eigenvalue weighted by molar-refractivity contribution is -0.139. The maximum absolute atomic E-state index is 11.2. The highest BCUT2D eigenvalue weighted by atomic mass is 79.9. The Morgan fingerprint density at radius 1 is 1.65 bits per heavy atom. The van der Waals surface area contributed by atoms with Gasteiger partial charge in [-0.1, -0.05) is 15.9 Å². The van der Waals surface area contributed by atoms with E-state index < -0.39 is 0 Å². The summed E-state index contributed by atoms with van der Waals surface area (Å²) in [7, 11) is 3.26. The fraction of sp³-hybridized carbons (Fsp3) is 0.600. The van der Waals surface area contributed by atoms with Gasteiger partial charge < -0.3 is 10.1 Å². The number of halogens is 2. The van der Waals surface area contributed by atoms with Crippen molar-refractivity contribution in [3.05, 3.63) is 15.9 Å². The lowest BCUT2D eigenvalue weighted by atomic mass is 10.3. The molecule has 0 aliphatic rings. The maximum atomic E-state index is 11.2. The van der Waals surface area contributed by atoms with Gasteiger partial charge >= 0.3 is 5.97 Å². The molecule has 0 amide bonds. The molecule has 0 bridgehead atoms. The van der Waals surface area contributed by atoms with Crippen molar-refractivity contribution in [1.82, 2.24) is 15.1 Å². The van der Waals surface area contributed by atoms with Gasteiger partial charge in [-0.3, -0.25) is 9.48 Å². The van der Waals surface area contributed by atoms with Crippen LogP contribution >= 0.6 is 31.9 Å². The molecule has 0 saturated heterocycles. The standard InChI is InChI=1S/C10H15Br2N3O2/c1-6-9(12)8(15(2)14-6)5-13-4-7(11)10(16)17-3/h7,13H,4-5H2,1-3H3. The first-order chi connectivity index (χ1) is 7.97. The summed E-state index contributed by atoms with van der Waals surface area (Å²) in [6.07, 6.45) is 0. The second kappa shape index (κ2) is 6.51. The van der Waals surface area contributed by atoms with E-state index >= 15 is 0 Å². The van der Waals surface area contributed by atoms with Gasteiger partial charge in [0, 0.05) is 20.1 Å². The first kappa shape index (κ1) is 14.7. The van der Waals surface area contributed by atoms with Crippen LogP contribution in [0.2, 0.25) is 0 Å². The van der Waals surface area contributed by atoms with Gasteiger partial charge in [-0.05, 0) is 22.9 Å². The Labute approximate surface area is 117 Å². The number of carbonyl (C=O) groups excluding carboxylic acids is 1. The molecule has 1 atom stereocenters. The first-order valence-electron chi connectivity index (χ1n) is 5.08. The zero-order valence-corrected chi connectivity index (χ0v) is 13.1. The fourth-order valence-corrected chi connectivity index (χ4v) is 2.29. The molecule has 1 heterocycles. The number of hydrogen-bond acceptors (Lipinski definition) is 4. The molecule has 1 rings (SSSR count). The van der Waals surface area contributed by atoms with E-state index in [1.165, 1.54) is 7.11 Å². The Hall–Kier alpha value is -0.400. The van der Waals surface area contributed by atoms with Crippen LogP contribution in [0.1, 0.15) is 11.4 Å². The van der Waals surface area contributed by atoms with Crippen molar-refractivity contribution >= 4 is 37.8 Å². The number of nitrogens with one attached hydrogen (secondary N) is 1. The van der Waals surface area contributed by atoms with Crippen LogP contribution in [0.25, 0.3) is 0 Å². The molecule has 0 aromatic carbocycles. The summed E-state index contributed by atoms with van der Waals surface area (Å²) < 4.78 is 7.42. The van der Waals surface area contributed by atoms with E-state index in [4.69, 9.17) is 0 Å². The molecule has 5 nitrogen and oxygen atoms in total. The molecule has 0 radical (unpaired) electrons. The molecular formula is C10H15Br2N3O2. The Kier molecular flexibility index (Phi) is 5.61. The molecular weight excluding hydrogens is 354 g/mol. The first-order valence-corrected chi connectivity index (χ1v) is 6.78. The molecule has 1 aromatic rings. The predicted octanol–water partition coefficient (Wildman–Crippen LogP) is 1.52. The highest BCUT2D eigenvalue weighted by Gasteiger charge is 2.15. The highest BCUT2D eigenvalue weighted by Crippen LogP contribution is 2.19. The van der Waals surface area contributed by atoms with E-state index in [0.717, 1.165) is 15.9 Å². The summed E-state index contributed by atoms with van der Waals surface area (Å²) in [6, 6.07) is 0. The van der Waals surface area contributed by atoms with Crippen molar-refractivity contribution in [2.24, 2.45) is 7.05 Å². The molecule has 7 heteroatoms. The highest BCUT2D eigenvalue weighted by molar-refractivity contribution is 9.10. The van der Waals surface area contributed by atoms with Gasteiger partial charge in [-0.15, -0.1) is 0 Å². The molecule has 0 spiro atoms. The minimum Gasteiger partial charge on any atom is -0.468 e. The van der Waals surface area contributed by atoms with Gasteiger partial charge in [0.15, 0.2) is 0 Å². The van der Waals surface area contributed by atoms with Gasteiger partial charge in [0.05, 0.1) is 23.0 Å². The van der Waals surface area contributed by atoms with E-state index in [1.807, 2.05) is 18.7 Å². The Morgan fingerprint density at radius 2 is 2.29 bits per heavy atom. The topological polar surface area (TPSA) is 56.1 Å². The molecule has 0 aliphatic carbocycles. The third-order valence-electron chi connectivity index (χ3n) is 2.33. The minimum atomic E-state index is -0.333. The van der Waals surface area contributed by atoms with Crippen LogP contribution in [0, 0.1) is 6.92 Å². The van der Waals surface area contributed by atoms with E-state index in [1.54, 1.807) is 0 Å². The molecule has 0 saturated carbocycles. The van der Waals surface area contributed by atoms with Crippen LogP contribution in [0.5, 0.6) is 0 Å². The molecule has 1 aromatic heterocycles. The SMILES string of the molecule is COC(=O)C(Br)CNCc1c(Br)c(C)nn1C. The maximum Gasteiger partial charge on any atom is 0.320 e. The molecule has 17 heavy (non-hydrogen) atoms. The molecule has 0 fully saturated rings. The van der Waals surface area contributed by atoms with Gasteiger partial charge in [-0.2, -0.15) is 5.10 Å². The Balaban J connectivity index is 2.49. The summed E-state index contributed by atoms with van der Waals surface area (Å²) in [4.78, 5) is 10.8. The second-order valence-electron chi connectivity index (χ2n) is 3.59. The average Bonchev–Trinajstić information content (AvgIpc) is 2.54. The molecule has 1 N–H and O–H groups in total. The van der Waals surface area contributed by atoms with Crippen molar-refractivity contribution < 1.29 is 9.53 Å². The third kappa shape index (κ3) is 3.79. The van der Waals surface area contributed by atoms with Gasteiger partial charge in [0.1, 0.15) is 4.83 Å². The van der Waals surface area contributed by atoms with E-state index in [2.05, 4.69) is 47.0 Å². The largest absolute Gasteiger partial charge is 0.468 e. The number of esters is 1. The lowest BCUT2D eigenvalue weighted by Crippen LogP contribution is -2.30. The predicted molar refractivity (Wildman–Crippen MR) is 72.1 cm³/mol. The van der Waals surface area contributed by atoms with Crippen molar-refractivity contribution in [2.45, 2.75) is 18.3 Å². The summed E-state index contributed by atoms with van der Waals surface area (Å²) >= 11 is 6.73. The van der Waals surface area contributed by atoms with Crippen molar-refractivity contribution in [1.29, 1.82) is 0 Å². The zero-order chi connectivity index (χ0) is 13.0. The van der Waals surface area contributed by atoms with E-state index in [9.17, 15) is 4.79 Å². The van der Waals surface area contributed by atoms with Gasteiger partial charge in [-0.25, -0.2) is 0 Å². The fourth-order valence-electron chi connectivity index (χ4n) is 1.40. The number of carbonyl (C=O) groups is 1. The van der Waals surface area contributed by atoms with Gasteiger partial charge in [0.25, 0.3) is 0 Å². The smallest absolute Gasteiger partial charge is 0.320 e. The van der Waals surface area contributed by atoms with Crippen molar-refractivity contribution in [3.8, 4) is 0 Å². The Bertz CT molecular complexity index is 407.